The van der Waals surface area contributed by atoms with E-state index in [1.54, 1.807) is 26.8 Å². The maximum absolute atomic E-state index is 15.3. The van der Waals surface area contributed by atoms with Crippen LogP contribution in [0.4, 0.5) is 9.18 Å². The molecular weight excluding hydrogens is 527 g/mol. The average molecular weight is 561 g/mol. The minimum Gasteiger partial charge on any atom is -0.482 e. The van der Waals surface area contributed by atoms with Crippen molar-refractivity contribution in [2.45, 2.75) is 57.6 Å². The molecule has 0 saturated carbocycles. The number of amides is 1. The fourth-order valence-corrected chi connectivity index (χ4v) is 5.28. The van der Waals surface area contributed by atoms with E-state index in [4.69, 9.17) is 14.6 Å². The van der Waals surface area contributed by atoms with Crippen LogP contribution in [0.1, 0.15) is 45.2 Å². The van der Waals surface area contributed by atoms with Crippen LogP contribution >= 0.6 is 0 Å². The van der Waals surface area contributed by atoms with E-state index in [1.807, 2.05) is 6.92 Å². The number of carboxylic acids is 1. The summed E-state index contributed by atoms with van der Waals surface area (Å²) in [5.74, 6) is -1.75. The molecule has 1 N–H and O–H groups in total. The monoisotopic (exact) mass is 560 g/mol. The number of benzene rings is 2. The molecule has 0 saturated heterocycles. The molecule has 210 valence electrons. The maximum atomic E-state index is 15.3. The zero-order valence-electron chi connectivity index (χ0n) is 22.6. The van der Waals surface area contributed by atoms with Gasteiger partial charge in [0.05, 0.1) is 17.1 Å². The Balaban J connectivity index is 2.08. The van der Waals surface area contributed by atoms with Gasteiger partial charge >= 0.3 is 12.1 Å². The molecule has 2 aromatic carbocycles. The van der Waals surface area contributed by atoms with Gasteiger partial charge < -0.3 is 19.5 Å². The number of carbonyl (C=O) groups excluding carboxylic acids is 1. The van der Waals surface area contributed by atoms with Gasteiger partial charge in [-0.2, -0.15) is 0 Å². The number of nitrogens with zero attached hydrogens (tertiary/aromatic N) is 2. The summed E-state index contributed by atoms with van der Waals surface area (Å²) in [4.78, 5) is 24.5. The molecule has 3 rings (SSSR count). The van der Waals surface area contributed by atoms with Crippen LogP contribution in [-0.2, 0) is 32.5 Å². The normalized spacial score (nSPS) is 11.7. The Morgan fingerprint density at radius 2 is 1.79 bits per heavy atom. The number of aliphatic carboxylic acids is 1. The van der Waals surface area contributed by atoms with Gasteiger partial charge in [-0.15, -0.1) is 0 Å². The third-order valence-electron chi connectivity index (χ3n) is 5.54. The molecule has 1 aromatic heterocycles. The first-order valence-electron chi connectivity index (χ1n) is 12.4. The first kappa shape index (κ1) is 29.7. The standard InChI is InChI=1S/C28H33FN2O7S/c1-6-8-19-11-12-23(24(29)13-19)25-14-20(16-30(5)27(34)38-28(2,3)4)17-31(25)39(35,36)22-10-7-9-21(15-22)37-18-26(32)33/h7,9-15,17H,6,8,16,18H2,1-5H3,(H,32,33). The van der Waals surface area contributed by atoms with Crippen molar-refractivity contribution < 1.29 is 37.0 Å². The lowest BCUT2D eigenvalue weighted by atomic mass is 10.0. The molecule has 0 spiro atoms. The van der Waals surface area contributed by atoms with E-state index in [1.165, 1.54) is 60.6 Å². The third kappa shape index (κ3) is 7.60. The van der Waals surface area contributed by atoms with Gasteiger partial charge in [-0.1, -0.05) is 25.5 Å². The van der Waals surface area contributed by atoms with Crippen LogP contribution in [-0.4, -0.2) is 53.7 Å². The average Bonchev–Trinajstić information content (AvgIpc) is 3.26. The molecule has 0 fully saturated rings. The molecular formula is C28H33FN2O7S. The fourth-order valence-electron chi connectivity index (χ4n) is 3.85. The number of carbonyl (C=O) groups is 2. The lowest BCUT2D eigenvalue weighted by molar-refractivity contribution is -0.139. The van der Waals surface area contributed by atoms with Crippen LogP contribution in [0.25, 0.3) is 11.3 Å². The zero-order valence-corrected chi connectivity index (χ0v) is 23.4. The van der Waals surface area contributed by atoms with Crippen molar-refractivity contribution in [2.75, 3.05) is 13.7 Å². The van der Waals surface area contributed by atoms with Gasteiger partial charge in [0, 0.05) is 24.9 Å². The number of halogens is 1. The van der Waals surface area contributed by atoms with Gasteiger partial charge in [0.25, 0.3) is 10.0 Å². The molecule has 0 bridgehead atoms. The molecule has 0 atom stereocenters. The van der Waals surface area contributed by atoms with Crippen LogP contribution < -0.4 is 4.74 Å². The van der Waals surface area contributed by atoms with E-state index >= 15 is 4.39 Å². The highest BCUT2D eigenvalue weighted by molar-refractivity contribution is 7.90. The molecule has 0 aliphatic carbocycles. The minimum absolute atomic E-state index is 0.00172. The Kier molecular flexibility index (Phi) is 9.06. The van der Waals surface area contributed by atoms with Gasteiger partial charge in [-0.05, 0) is 68.7 Å². The Morgan fingerprint density at radius 1 is 1.08 bits per heavy atom. The van der Waals surface area contributed by atoms with Crippen molar-refractivity contribution in [2.24, 2.45) is 0 Å². The molecule has 39 heavy (non-hydrogen) atoms. The van der Waals surface area contributed by atoms with Gasteiger partial charge in [0.15, 0.2) is 6.61 Å². The minimum atomic E-state index is -4.29. The molecule has 3 aromatic rings. The number of hydrogen-bond acceptors (Lipinski definition) is 6. The van der Waals surface area contributed by atoms with Crippen LogP contribution in [0.15, 0.2) is 59.6 Å². The molecule has 9 nitrogen and oxygen atoms in total. The number of aryl methyl sites for hydroxylation is 1. The highest BCUT2D eigenvalue weighted by Crippen LogP contribution is 2.31. The molecule has 0 aliphatic rings. The molecule has 0 radical (unpaired) electrons. The van der Waals surface area contributed by atoms with E-state index in [0.717, 1.165) is 16.0 Å². The summed E-state index contributed by atoms with van der Waals surface area (Å²) in [5, 5.41) is 8.88. The summed E-state index contributed by atoms with van der Waals surface area (Å²) in [6.07, 6.45) is 2.23. The summed E-state index contributed by atoms with van der Waals surface area (Å²) in [6, 6.07) is 11.6. The second-order valence-corrected chi connectivity index (χ2v) is 11.9. The Hall–Kier alpha value is -3.86. The lowest BCUT2D eigenvalue weighted by Gasteiger charge is -2.24. The molecule has 1 heterocycles. The predicted octanol–water partition coefficient (Wildman–Crippen LogP) is 5.31. The number of hydrogen-bond donors (Lipinski definition) is 1. The molecule has 0 aliphatic heterocycles. The van der Waals surface area contributed by atoms with Crippen molar-refractivity contribution in [3.05, 3.63) is 71.7 Å². The summed E-state index contributed by atoms with van der Waals surface area (Å²) in [6.45, 7) is 6.54. The van der Waals surface area contributed by atoms with E-state index < -0.39 is 40.1 Å². The summed E-state index contributed by atoms with van der Waals surface area (Å²) in [7, 11) is -2.78. The highest BCUT2D eigenvalue weighted by Gasteiger charge is 2.26. The third-order valence-corrected chi connectivity index (χ3v) is 7.21. The smallest absolute Gasteiger partial charge is 0.410 e. The Morgan fingerprint density at radius 3 is 2.41 bits per heavy atom. The number of carboxylic acid groups (broad SMARTS) is 1. The predicted molar refractivity (Wildman–Crippen MR) is 144 cm³/mol. The zero-order chi connectivity index (χ0) is 29.0. The second kappa shape index (κ2) is 11.9. The van der Waals surface area contributed by atoms with Crippen LogP contribution in [0.5, 0.6) is 5.75 Å². The summed E-state index contributed by atoms with van der Waals surface area (Å²) >= 11 is 0. The van der Waals surface area contributed by atoms with E-state index in [-0.39, 0.29) is 28.4 Å². The molecule has 1 amide bonds. The van der Waals surface area contributed by atoms with E-state index in [9.17, 15) is 18.0 Å². The topological polar surface area (TPSA) is 115 Å². The van der Waals surface area contributed by atoms with Gasteiger partial charge in [0.2, 0.25) is 0 Å². The van der Waals surface area contributed by atoms with Crippen LogP contribution in [0.2, 0.25) is 0 Å². The van der Waals surface area contributed by atoms with Gasteiger partial charge in [0.1, 0.15) is 17.2 Å². The Bertz CT molecular complexity index is 1460. The maximum Gasteiger partial charge on any atom is 0.410 e. The quantitative estimate of drug-likeness (QED) is 0.357. The van der Waals surface area contributed by atoms with Crippen LogP contribution in [0, 0.1) is 5.82 Å². The second-order valence-electron chi connectivity index (χ2n) is 10.1. The number of rotatable bonds is 10. The molecule has 0 unspecified atom stereocenters. The lowest BCUT2D eigenvalue weighted by Crippen LogP contribution is -2.33. The van der Waals surface area contributed by atoms with Gasteiger partial charge in [-0.3, -0.25) is 0 Å². The SMILES string of the molecule is CCCc1ccc(-c2cc(CN(C)C(=O)OC(C)(C)C)cn2S(=O)(=O)c2cccc(OCC(=O)O)c2)c(F)c1. The largest absolute Gasteiger partial charge is 0.482 e. The summed E-state index contributed by atoms with van der Waals surface area (Å²) < 4.78 is 54.3. The Labute approximate surface area is 227 Å². The number of ether oxygens (including phenoxy) is 2. The van der Waals surface area contributed by atoms with Crippen molar-refractivity contribution in [3.8, 4) is 17.0 Å². The van der Waals surface area contributed by atoms with Gasteiger partial charge in [-0.25, -0.2) is 26.4 Å². The van der Waals surface area contributed by atoms with Crippen LogP contribution in [0.3, 0.4) is 0 Å². The first-order valence-corrected chi connectivity index (χ1v) is 13.8. The molecule has 11 heteroatoms. The van der Waals surface area contributed by atoms with E-state index in [2.05, 4.69) is 0 Å². The van der Waals surface area contributed by atoms with Crippen molar-refractivity contribution >= 4 is 22.1 Å². The summed E-state index contributed by atoms with van der Waals surface area (Å²) in [5.41, 5.74) is 0.635. The van der Waals surface area contributed by atoms with Crippen molar-refractivity contribution in [1.82, 2.24) is 8.87 Å². The highest BCUT2D eigenvalue weighted by atomic mass is 32.2. The van der Waals surface area contributed by atoms with Crippen molar-refractivity contribution in [3.63, 3.8) is 0 Å². The fraction of sp³-hybridized carbons (Fsp3) is 0.357. The number of aromatic nitrogens is 1. The van der Waals surface area contributed by atoms with Crippen molar-refractivity contribution in [1.29, 1.82) is 0 Å². The first-order chi connectivity index (χ1) is 18.2. The van der Waals surface area contributed by atoms with E-state index in [0.29, 0.717) is 12.0 Å².